The molecule has 3 heterocycles. The van der Waals surface area contributed by atoms with E-state index < -0.39 is 18.4 Å². The van der Waals surface area contributed by atoms with Crippen LogP contribution in [0, 0.1) is 0 Å². The van der Waals surface area contributed by atoms with Crippen LogP contribution in [0.5, 0.6) is 5.88 Å². The molecule has 0 saturated carbocycles. The average molecular weight is 352 g/mol. The molecule has 0 aromatic carbocycles. The van der Waals surface area contributed by atoms with Gasteiger partial charge >= 0.3 is 0 Å². The molecule has 0 radical (unpaired) electrons. The largest absolute Gasteiger partial charge is 0.472 e. The van der Waals surface area contributed by atoms with E-state index in [-0.39, 0.29) is 6.61 Å². The van der Waals surface area contributed by atoms with Crippen LogP contribution >= 0.6 is 0 Å². The molecule has 2 aromatic rings. The molecule has 8 heteroatoms. The summed E-state index contributed by atoms with van der Waals surface area (Å²) < 4.78 is 12.7. The molecule has 3 unspecified atom stereocenters. The number of imidazole rings is 1. The number of nitrogens with zero attached hydrogens (tertiary/aromatic N) is 4. The van der Waals surface area contributed by atoms with Crippen LogP contribution in [0.1, 0.15) is 40.3 Å². The summed E-state index contributed by atoms with van der Waals surface area (Å²) in [5.74, 6) is 0.371. The highest BCUT2D eigenvalue weighted by Crippen LogP contribution is 2.31. The predicted octanol–water partition coefficient (Wildman–Crippen LogP) is 2.08. The van der Waals surface area contributed by atoms with Gasteiger partial charge in [0.1, 0.15) is 25.3 Å². The van der Waals surface area contributed by atoms with Crippen LogP contribution in [0.4, 0.5) is 0 Å². The Balaban J connectivity index is 0.000000730. The first kappa shape index (κ1) is 21.0. The van der Waals surface area contributed by atoms with Crippen molar-refractivity contribution in [1.82, 2.24) is 19.5 Å². The van der Waals surface area contributed by atoms with Gasteiger partial charge in [0.2, 0.25) is 5.88 Å². The third-order valence-corrected chi connectivity index (χ3v) is 3.36. The summed E-state index contributed by atoms with van der Waals surface area (Å²) in [5, 5.41) is 19.0. The quantitative estimate of drug-likeness (QED) is 0.794. The zero-order chi connectivity index (χ0) is 18.8. The van der Waals surface area contributed by atoms with Gasteiger partial charge in [-0.3, -0.25) is 4.57 Å². The van der Waals surface area contributed by atoms with Crippen molar-refractivity contribution in [3.8, 4) is 5.88 Å². The van der Waals surface area contributed by atoms with Crippen LogP contribution < -0.4 is 4.74 Å². The first-order chi connectivity index (χ1) is 12.2. The molecule has 3 atom stereocenters. The molecule has 2 aromatic heterocycles. The summed E-state index contributed by atoms with van der Waals surface area (Å²) in [7, 11) is 0. The van der Waals surface area contributed by atoms with Crippen LogP contribution in [-0.4, -0.2) is 55.2 Å². The van der Waals surface area contributed by atoms with Crippen molar-refractivity contribution in [2.24, 2.45) is 0 Å². The van der Waals surface area contributed by atoms with Gasteiger partial charge in [0.05, 0.1) is 19.0 Å². The second-order valence-corrected chi connectivity index (χ2v) is 4.72. The lowest BCUT2D eigenvalue weighted by atomic mass is 10.2. The number of aliphatic hydroxyl groups is 2. The molecule has 140 valence electrons. The summed E-state index contributed by atoms with van der Waals surface area (Å²) in [6.45, 7) is 11.7. The van der Waals surface area contributed by atoms with E-state index >= 15 is 0 Å². The standard InChI is InChI=1S/C13H16N4O4.2C2H6/c1-2-3-20-13-11-12(14-6-15-13)17(7-16-11)10-4-8(19)9(5-18)21-10;2*1-2/h2,6-10,18-19H,1,3-5H2;2*1-2H3. The van der Waals surface area contributed by atoms with Crippen molar-refractivity contribution in [3.05, 3.63) is 25.3 Å². The molecule has 3 rings (SSSR count). The smallest absolute Gasteiger partial charge is 0.245 e. The van der Waals surface area contributed by atoms with Crippen molar-refractivity contribution >= 4 is 11.2 Å². The van der Waals surface area contributed by atoms with Gasteiger partial charge in [0.25, 0.3) is 0 Å². The number of hydrogen-bond acceptors (Lipinski definition) is 7. The molecule has 8 nitrogen and oxygen atoms in total. The topological polar surface area (TPSA) is 103 Å². The Kier molecular flexibility index (Phi) is 9.04. The van der Waals surface area contributed by atoms with Gasteiger partial charge in [-0.15, -0.1) is 0 Å². The summed E-state index contributed by atoms with van der Waals surface area (Å²) >= 11 is 0. The molecule has 1 fully saturated rings. The molecular formula is C17H28N4O4. The van der Waals surface area contributed by atoms with Gasteiger partial charge in [-0.1, -0.05) is 40.3 Å². The second kappa shape index (κ2) is 10.8. The number of aliphatic hydroxyl groups excluding tert-OH is 2. The van der Waals surface area contributed by atoms with Crippen LogP contribution in [0.2, 0.25) is 0 Å². The molecule has 1 aliphatic heterocycles. The molecule has 1 saturated heterocycles. The lowest BCUT2D eigenvalue weighted by Gasteiger charge is -2.13. The van der Waals surface area contributed by atoms with E-state index in [2.05, 4.69) is 21.5 Å². The number of aromatic nitrogens is 4. The number of rotatable bonds is 5. The van der Waals surface area contributed by atoms with Crippen molar-refractivity contribution in [2.75, 3.05) is 13.2 Å². The van der Waals surface area contributed by atoms with E-state index in [1.807, 2.05) is 27.7 Å². The highest BCUT2D eigenvalue weighted by atomic mass is 16.5. The van der Waals surface area contributed by atoms with Gasteiger partial charge in [-0.05, 0) is 0 Å². The fraction of sp³-hybridized carbons (Fsp3) is 0.588. The normalized spacial score (nSPS) is 21.8. The summed E-state index contributed by atoms with van der Waals surface area (Å²) in [4.78, 5) is 12.5. The SMILES string of the molecule is C=CCOc1ncnc2c1ncn2C1CC(O)C(CO)O1.CC.CC. The van der Waals surface area contributed by atoms with Crippen molar-refractivity contribution < 1.29 is 19.7 Å². The minimum Gasteiger partial charge on any atom is -0.472 e. The van der Waals surface area contributed by atoms with Crippen LogP contribution in [-0.2, 0) is 4.74 Å². The fourth-order valence-corrected chi connectivity index (χ4v) is 2.33. The monoisotopic (exact) mass is 352 g/mol. The molecule has 1 aliphatic rings. The number of ether oxygens (including phenoxy) is 2. The Morgan fingerprint density at radius 3 is 2.64 bits per heavy atom. The third-order valence-electron chi connectivity index (χ3n) is 3.36. The molecule has 0 bridgehead atoms. The second-order valence-electron chi connectivity index (χ2n) is 4.72. The van der Waals surface area contributed by atoms with Crippen LogP contribution in [0.15, 0.2) is 25.3 Å². The van der Waals surface area contributed by atoms with Gasteiger partial charge in [-0.25, -0.2) is 9.97 Å². The maximum Gasteiger partial charge on any atom is 0.245 e. The van der Waals surface area contributed by atoms with Gasteiger partial charge in [-0.2, -0.15) is 4.98 Å². The van der Waals surface area contributed by atoms with E-state index in [0.29, 0.717) is 30.1 Å². The van der Waals surface area contributed by atoms with Gasteiger partial charge in [0, 0.05) is 6.42 Å². The zero-order valence-corrected chi connectivity index (χ0v) is 15.3. The van der Waals surface area contributed by atoms with Crippen molar-refractivity contribution in [3.63, 3.8) is 0 Å². The van der Waals surface area contributed by atoms with Crippen molar-refractivity contribution in [2.45, 2.75) is 52.6 Å². The predicted molar refractivity (Wildman–Crippen MR) is 95.3 cm³/mol. The fourth-order valence-electron chi connectivity index (χ4n) is 2.33. The van der Waals surface area contributed by atoms with Crippen LogP contribution in [0.25, 0.3) is 11.2 Å². The minimum atomic E-state index is -0.712. The Morgan fingerprint density at radius 1 is 1.32 bits per heavy atom. The van der Waals surface area contributed by atoms with Gasteiger partial charge < -0.3 is 19.7 Å². The van der Waals surface area contributed by atoms with E-state index in [1.54, 1.807) is 17.0 Å². The maximum absolute atomic E-state index is 9.81. The molecule has 25 heavy (non-hydrogen) atoms. The van der Waals surface area contributed by atoms with Crippen molar-refractivity contribution in [1.29, 1.82) is 0 Å². The Hall–Kier alpha value is -2.03. The first-order valence-corrected chi connectivity index (χ1v) is 8.60. The van der Waals surface area contributed by atoms with E-state index in [0.717, 1.165) is 0 Å². The van der Waals surface area contributed by atoms with E-state index in [9.17, 15) is 5.11 Å². The molecule has 2 N–H and O–H groups in total. The highest BCUT2D eigenvalue weighted by Gasteiger charge is 2.35. The molecular weight excluding hydrogens is 324 g/mol. The lowest BCUT2D eigenvalue weighted by molar-refractivity contribution is -0.0432. The van der Waals surface area contributed by atoms with E-state index in [1.165, 1.54) is 6.33 Å². The minimum absolute atomic E-state index is 0.229. The average Bonchev–Trinajstić information content (AvgIpc) is 3.26. The van der Waals surface area contributed by atoms with E-state index in [4.69, 9.17) is 14.6 Å². The molecule has 0 amide bonds. The summed E-state index contributed by atoms with van der Waals surface area (Å²) in [6, 6.07) is 0. The lowest BCUT2D eigenvalue weighted by Crippen LogP contribution is -2.24. The van der Waals surface area contributed by atoms with Crippen LogP contribution in [0.3, 0.4) is 0 Å². The maximum atomic E-state index is 9.81. The number of hydrogen-bond donors (Lipinski definition) is 2. The third kappa shape index (κ3) is 4.75. The number of fused-ring (bicyclic) bond motifs is 1. The Bertz CT molecular complexity index is 647. The Morgan fingerprint density at radius 2 is 2.04 bits per heavy atom. The molecule has 0 spiro atoms. The molecule has 0 aliphatic carbocycles. The zero-order valence-electron chi connectivity index (χ0n) is 15.3. The highest BCUT2D eigenvalue weighted by molar-refractivity contribution is 5.76. The first-order valence-electron chi connectivity index (χ1n) is 8.60. The summed E-state index contributed by atoms with van der Waals surface area (Å²) in [6.07, 6.45) is 3.20. The Labute approximate surface area is 148 Å². The summed E-state index contributed by atoms with van der Waals surface area (Å²) in [5.41, 5.74) is 1.07. The van der Waals surface area contributed by atoms with Gasteiger partial charge in [0.15, 0.2) is 11.2 Å².